The zero-order chi connectivity index (χ0) is 30.2. The number of methoxy groups -OCH3 is 1. The number of hydrogen-bond acceptors (Lipinski definition) is 6. The number of nitrogens with zero attached hydrogens (tertiary/aromatic N) is 1. The second-order valence-corrected chi connectivity index (χ2v) is 11.3. The van der Waals surface area contributed by atoms with E-state index in [0.717, 1.165) is 31.4 Å². The van der Waals surface area contributed by atoms with E-state index in [4.69, 9.17) is 14.2 Å². The summed E-state index contributed by atoms with van der Waals surface area (Å²) in [5.41, 5.74) is 1.81. The van der Waals surface area contributed by atoms with Crippen LogP contribution in [-0.2, 0) is 0 Å². The predicted molar refractivity (Wildman–Crippen MR) is 169 cm³/mol. The summed E-state index contributed by atoms with van der Waals surface area (Å²) in [5.74, 6) is 2.17. The van der Waals surface area contributed by atoms with Crippen LogP contribution in [0, 0.1) is 0 Å². The zero-order valence-corrected chi connectivity index (χ0v) is 25.2. The predicted octanol–water partition coefficient (Wildman–Crippen LogP) is 7.06. The number of carbonyl (C=O) groups excluding carboxylic acids is 2. The van der Waals surface area contributed by atoms with Gasteiger partial charge in [0.05, 0.1) is 7.11 Å². The third-order valence-electron chi connectivity index (χ3n) is 8.30. The number of carbonyl (C=O) groups is 2. The first-order chi connectivity index (χ1) is 20.9. The first-order valence-electron chi connectivity index (χ1n) is 15.2. The van der Waals surface area contributed by atoms with Gasteiger partial charge in [-0.2, -0.15) is 0 Å². The quantitative estimate of drug-likeness (QED) is 0.197. The maximum atomic E-state index is 12.9. The van der Waals surface area contributed by atoms with Crippen molar-refractivity contribution < 1.29 is 23.8 Å². The Hall–Kier alpha value is -4.24. The number of nitrogens with one attached hydrogen (secondary N) is 3. The van der Waals surface area contributed by atoms with E-state index in [2.05, 4.69) is 34.8 Å². The molecule has 0 spiro atoms. The highest BCUT2D eigenvalue weighted by Crippen LogP contribution is 2.37. The van der Waals surface area contributed by atoms with E-state index in [1.54, 1.807) is 61.7 Å². The van der Waals surface area contributed by atoms with Crippen LogP contribution >= 0.6 is 0 Å². The number of benzene rings is 3. The second kappa shape index (κ2) is 14.3. The van der Waals surface area contributed by atoms with Crippen molar-refractivity contribution in [3.05, 3.63) is 72.3 Å². The highest BCUT2D eigenvalue weighted by atomic mass is 16.5. The lowest BCUT2D eigenvalue weighted by Crippen LogP contribution is -2.40. The van der Waals surface area contributed by atoms with Gasteiger partial charge in [-0.15, -0.1) is 0 Å². The molecular weight excluding hydrogens is 544 g/mol. The monoisotopic (exact) mass is 586 g/mol. The summed E-state index contributed by atoms with van der Waals surface area (Å²) in [6.45, 7) is 2.76. The van der Waals surface area contributed by atoms with Crippen molar-refractivity contribution in [3.8, 4) is 23.0 Å². The van der Waals surface area contributed by atoms with Gasteiger partial charge >= 0.3 is 6.03 Å². The first kappa shape index (κ1) is 30.2. The molecular formula is C34H42N4O5. The number of urea groups is 1. The molecule has 2 fully saturated rings. The summed E-state index contributed by atoms with van der Waals surface area (Å²) in [4.78, 5) is 27.5. The standard InChI is InChI=1S/C34H42N4O5/c1-4-5-6-20-35-34(40)37-25-14-19-30(32(21-25)41-3)42-28-17-12-24(13-18-28)36-33(39)23-10-15-27(16-11-23)43-31-22-26-8-7-9-29(31)38(26)2/h10-19,21,26,29,31H,4-9,20,22H2,1-3H3,(H,36,39)(H2,35,37,40). The van der Waals surface area contributed by atoms with Crippen molar-refractivity contribution in [2.24, 2.45) is 0 Å². The smallest absolute Gasteiger partial charge is 0.319 e. The molecule has 9 heteroatoms. The number of piperidine rings is 1. The fraction of sp³-hybridized carbons (Fsp3) is 0.412. The van der Waals surface area contributed by atoms with E-state index in [1.807, 2.05) is 12.1 Å². The van der Waals surface area contributed by atoms with Crippen molar-refractivity contribution in [1.82, 2.24) is 10.2 Å². The van der Waals surface area contributed by atoms with Crippen molar-refractivity contribution in [2.45, 2.75) is 70.1 Å². The van der Waals surface area contributed by atoms with Gasteiger partial charge in [-0.05, 0) is 87.0 Å². The molecule has 5 rings (SSSR count). The van der Waals surface area contributed by atoms with Gasteiger partial charge in [-0.25, -0.2) is 4.79 Å². The number of ether oxygens (including phenoxy) is 3. The lowest BCUT2D eigenvalue weighted by molar-refractivity contribution is 0.102. The molecule has 3 N–H and O–H groups in total. The Morgan fingerprint density at radius 1 is 0.884 bits per heavy atom. The molecule has 0 aliphatic carbocycles. The Bertz CT molecular complexity index is 1380. The minimum atomic E-state index is -0.257. The molecule has 43 heavy (non-hydrogen) atoms. The number of likely N-dealkylation sites (N-methyl/N-ethyl adjacent to an activating group) is 1. The summed E-state index contributed by atoms with van der Waals surface area (Å²) in [6.07, 6.45) is 8.10. The second-order valence-electron chi connectivity index (χ2n) is 11.3. The van der Waals surface area contributed by atoms with Gasteiger partial charge in [-0.1, -0.05) is 26.2 Å². The Kier molecular flexibility index (Phi) is 10.0. The van der Waals surface area contributed by atoms with Crippen LogP contribution in [0.25, 0.3) is 0 Å². The molecule has 3 unspecified atom stereocenters. The van der Waals surface area contributed by atoms with E-state index in [1.165, 1.54) is 19.3 Å². The van der Waals surface area contributed by atoms with Gasteiger partial charge in [0.15, 0.2) is 11.5 Å². The van der Waals surface area contributed by atoms with E-state index >= 15 is 0 Å². The molecule has 2 heterocycles. The van der Waals surface area contributed by atoms with Crippen LogP contribution in [0.4, 0.5) is 16.2 Å². The first-order valence-corrected chi connectivity index (χ1v) is 15.2. The van der Waals surface area contributed by atoms with Crippen molar-refractivity contribution in [2.75, 3.05) is 31.3 Å². The van der Waals surface area contributed by atoms with E-state index in [9.17, 15) is 9.59 Å². The number of fused-ring (bicyclic) bond motifs is 2. The summed E-state index contributed by atoms with van der Waals surface area (Å²) < 4.78 is 17.8. The normalized spacial score (nSPS) is 19.4. The number of unbranched alkanes of at least 4 members (excludes halogenated alkanes) is 2. The van der Waals surface area contributed by atoms with Gasteiger partial charge in [0, 0.05) is 48.1 Å². The minimum absolute atomic E-state index is 0.198. The molecule has 3 atom stereocenters. The van der Waals surface area contributed by atoms with Gasteiger partial charge in [0.25, 0.3) is 5.91 Å². The number of amides is 3. The van der Waals surface area contributed by atoms with Gasteiger partial charge in [0.1, 0.15) is 17.6 Å². The average molecular weight is 587 g/mol. The van der Waals surface area contributed by atoms with Crippen LogP contribution in [-0.4, -0.2) is 55.7 Å². The maximum Gasteiger partial charge on any atom is 0.319 e. The van der Waals surface area contributed by atoms with Crippen LogP contribution in [0.3, 0.4) is 0 Å². The Labute approximate surface area is 253 Å². The maximum absolute atomic E-state index is 12.9. The van der Waals surface area contributed by atoms with Crippen molar-refractivity contribution >= 4 is 23.3 Å². The van der Waals surface area contributed by atoms with Gasteiger partial charge in [0.2, 0.25) is 0 Å². The molecule has 9 nitrogen and oxygen atoms in total. The summed E-state index contributed by atoms with van der Waals surface area (Å²) in [7, 11) is 3.75. The molecule has 0 saturated carbocycles. The summed E-state index contributed by atoms with van der Waals surface area (Å²) >= 11 is 0. The third-order valence-corrected chi connectivity index (χ3v) is 8.30. The molecule has 0 aromatic heterocycles. The third kappa shape index (κ3) is 7.78. The Morgan fingerprint density at radius 2 is 1.63 bits per heavy atom. The number of rotatable bonds is 12. The molecule has 2 saturated heterocycles. The van der Waals surface area contributed by atoms with Crippen LogP contribution in [0.2, 0.25) is 0 Å². The fourth-order valence-corrected chi connectivity index (χ4v) is 5.90. The van der Waals surface area contributed by atoms with Gasteiger partial charge < -0.3 is 30.2 Å². The molecule has 2 bridgehead atoms. The van der Waals surface area contributed by atoms with Crippen LogP contribution in [0.15, 0.2) is 66.7 Å². The van der Waals surface area contributed by atoms with Crippen molar-refractivity contribution in [3.63, 3.8) is 0 Å². The molecule has 2 aliphatic heterocycles. The number of hydrogen-bond donors (Lipinski definition) is 3. The van der Waals surface area contributed by atoms with Crippen LogP contribution in [0.5, 0.6) is 23.0 Å². The molecule has 3 aromatic carbocycles. The van der Waals surface area contributed by atoms with E-state index in [0.29, 0.717) is 52.8 Å². The van der Waals surface area contributed by atoms with Crippen LogP contribution < -0.4 is 30.2 Å². The minimum Gasteiger partial charge on any atom is -0.493 e. The van der Waals surface area contributed by atoms with Crippen molar-refractivity contribution in [1.29, 1.82) is 0 Å². The highest BCUT2D eigenvalue weighted by Gasteiger charge is 2.42. The fourth-order valence-electron chi connectivity index (χ4n) is 5.90. The average Bonchev–Trinajstić information content (AvgIpc) is 3.16. The molecule has 2 aliphatic rings. The summed E-state index contributed by atoms with van der Waals surface area (Å²) in [5, 5.41) is 8.60. The van der Waals surface area contributed by atoms with E-state index in [-0.39, 0.29) is 18.0 Å². The highest BCUT2D eigenvalue weighted by molar-refractivity contribution is 6.04. The Balaban J connectivity index is 1.12. The SMILES string of the molecule is CCCCCNC(=O)Nc1ccc(Oc2ccc(NC(=O)c3ccc(OC4CC5CCCC4N5C)cc3)cc2)c(OC)c1. The molecule has 0 radical (unpaired) electrons. The van der Waals surface area contributed by atoms with Gasteiger partial charge in [-0.3, -0.25) is 9.69 Å². The van der Waals surface area contributed by atoms with Crippen LogP contribution in [0.1, 0.15) is 62.2 Å². The largest absolute Gasteiger partial charge is 0.493 e. The van der Waals surface area contributed by atoms with E-state index < -0.39 is 0 Å². The topological polar surface area (TPSA) is 101 Å². The Morgan fingerprint density at radius 3 is 2.35 bits per heavy atom. The molecule has 3 aromatic rings. The molecule has 228 valence electrons. The lowest BCUT2D eigenvalue weighted by Gasteiger charge is -2.31. The molecule has 3 amide bonds. The zero-order valence-electron chi connectivity index (χ0n) is 25.2. The summed E-state index contributed by atoms with van der Waals surface area (Å²) in [6, 6.07) is 20.5. The lowest BCUT2D eigenvalue weighted by atomic mass is 10.0. The number of anilines is 2.